The molecule has 0 saturated heterocycles. The smallest absolute Gasteiger partial charge is 0.380 e. The Labute approximate surface area is 137 Å². The molecule has 0 spiro atoms. The quantitative estimate of drug-likeness (QED) is 0.839. The van der Waals surface area contributed by atoms with Gasteiger partial charge in [0, 0.05) is 20.4 Å². The van der Waals surface area contributed by atoms with Gasteiger partial charge >= 0.3 is 6.18 Å². The van der Waals surface area contributed by atoms with Crippen LogP contribution >= 0.6 is 0 Å². The van der Waals surface area contributed by atoms with Gasteiger partial charge in [0.15, 0.2) is 0 Å². The first-order chi connectivity index (χ1) is 11.3. The molecule has 2 aromatic rings. The number of aromatic nitrogens is 4. The van der Waals surface area contributed by atoms with Gasteiger partial charge in [0.2, 0.25) is 5.95 Å². The molecule has 2 rings (SSSR count). The maximum atomic E-state index is 12.9. The fraction of sp³-hybridized carbons (Fsp3) is 0.500. The molecular formula is C14H19F3N6O. The minimum atomic E-state index is -4.52. The molecule has 7 nitrogen and oxygen atoms in total. The molecule has 0 bridgehead atoms. The second-order valence-electron chi connectivity index (χ2n) is 5.20. The van der Waals surface area contributed by atoms with E-state index in [1.807, 2.05) is 13.8 Å². The van der Waals surface area contributed by atoms with Crippen LogP contribution in [-0.2, 0) is 17.5 Å². The average Bonchev–Trinajstić information content (AvgIpc) is 2.86. The number of alkyl halides is 3. The van der Waals surface area contributed by atoms with Gasteiger partial charge in [-0.25, -0.2) is 4.98 Å². The summed E-state index contributed by atoms with van der Waals surface area (Å²) in [5.74, 6) is -0.243. The summed E-state index contributed by atoms with van der Waals surface area (Å²) in [4.78, 5) is 7.60. The predicted octanol–water partition coefficient (Wildman–Crippen LogP) is 2.82. The molecule has 0 saturated carbocycles. The molecule has 0 aliphatic carbocycles. The Balaban J connectivity index is 2.23. The Morgan fingerprint density at radius 1 is 1.33 bits per heavy atom. The second-order valence-corrected chi connectivity index (χ2v) is 5.20. The monoisotopic (exact) mass is 344 g/mol. The van der Waals surface area contributed by atoms with E-state index in [2.05, 4.69) is 25.7 Å². The van der Waals surface area contributed by atoms with Crippen molar-refractivity contribution >= 4 is 17.5 Å². The van der Waals surface area contributed by atoms with E-state index < -0.39 is 11.7 Å². The molecule has 0 radical (unpaired) electrons. The molecular weight excluding hydrogens is 325 g/mol. The van der Waals surface area contributed by atoms with Gasteiger partial charge in [0.25, 0.3) is 0 Å². The van der Waals surface area contributed by atoms with Crippen molar-refractivity contribution in [3.8, 4) is 0 Å². The standard InChI is InChI=1S/C14H19F3N6O/c1-8(24-4)7-23-9(2)11(6-20-23)21-13-19-5-10(14(15,16)17)12(18-3)22-13/h5-6,8H,7H2,1-4H3,(H2,18,19,21,22)/t8-/m0/s1. The zero-order chi connectivity index (χ0) is 17.9. The highest BCUT2D eigenvalue weighted by Crippen LogP contribution is 2.33. The highest BCUT2D eigenvalue weighted by molar-refractivity contribution is 5.57. The van der Waals surface area contributed by atoms with Gasteiger partial charge < -0.3 is 15.4 Å². The molecule has 0 amide bonds. The number of hydrogen-bond acceptors (Lipinski definition) is 6. The summed E-state index contributed by atoms with van der Waals surface area (Å²) in [6.07, 6.45) is -2.23. The van der Waals surface area contributed by atoms with Crippen molar-refractivity contribution in [1.82, 2.24) is 19.7 Å². The first-order valence-corrected chi connectivity index (χ1v) is 7.20. The zero-order valence-corrected chi connectivity index (χ0v) is 13.8. The van der Waals surface area contributed by atoms with E-state index in [-0.39, 0.29) is 17.9 Å². The third-order valence-electron chi connectivity index (χ3n) is 3.51. The SMILES string of the molecule is CNc1nc(Nc2cnn(C[C@H](C)OC)c2C)ncc1C(F)(F)F. The van der Waals surface area contributed by atoms with Crippen LogP contribution in [0.2, 0.25) is 0 Å². The summed E-state index contributed by atoms with van der Waals surface area (Å²) >= 11 is 0. The van der Waals surface area contributed by atoms with Gasteiger partial charge in [0.1, 0.15) is 11.4 Å². The summed E-state index contributed by atoms with van der Waals surface area (Å²) < 4.78 is 45.5. The third kappa shape index (κ3) is 3.94. The number of anilines is 3. The number of nitrogens with one attached hydrogen (secondary N) is 2. The lowest BCUT2D eigenvalue weighted by Gasteiger charge is -2.13. The lowest BCUT2D eigenvalue weighted by molar-refractivity contribution is -0.137. The highest BCUT2D eigenvalue weighted by atomic mass is 19.4. The topological polar surface area (TPSA) is 76.9 Å². The highest BCUT2D eigenvalue weighted by Gasteiger charge is 2.35. The van der Waals surface area contributed by atoms with E-state index in [9.17, 15) is 13.2 Å². The molecule has 1 atom stereocenters. The van der Waals surface area contributed by atoms with Crippen LogP contribution in [0, 0.1) is 6.92 Å². The number of hydrogen-bond donors (Lipinski definition) is 2. The van der Waals surface area contributed by atoms with Crippen LogP contribution in [0.3, 0.4) is 0 Å². The molecule has 0 unspecified atom stereocenters. The lowest BCUT2D eigenvalue weighted by atomic mass is 10.3. The summed E-state index contributed by atoms with van der Waals surface area (Å²) in [5.41, 5.74) is 0.491. The van der Waals surface area contributed by atoms with E-state index in [4.69, 9.17) is 4.74 Å². The van der Waals surface area contributed by atoms with E-state index >= 15 is 0 Å². The van der Waals surface area contributed by atoms with Crippen molar-refractivity contribution in [2.24, 2.45) is 0 Å². The van der Waals surface area contributed by atoms with Crippen LogP contribution in [0.1, 0.15) is 18.2 Å². The van der Waals surface area contributed by atoms with Crippen molar-refractivity contribution in [2.75, 3.05) is 24.8 Å². The first-order valence-electron chi connectivity index (χ1n) is 7.20. The van der Waals surface area contributed by atoms with Crippen molar-refractivity contribution < 1.29 is 17.9 Å². The van der Waals surface area contributed by atoms with E-state index in [1.165, 1.54) is 7.05 Å². The van der Waals surface area contributed by atoms with Gasteiger partial charge in [-0.05, 0) is 13.8 Å². The van der Waals surface area contributed by atoms with Crippen LogP contribution in [0.15, 0.2) is 12.4 Å². The maximum Gasteiger partial charge on any atom is 0.421 e. The van der Waals surface area contributed by atoms with Crippen molar-refractivity contribution in [3.63, 3.8) is 0 Å². The second kappa shape index (κ2) is 7.04. The Morgan fingerprint density at radius 3 is 2.62 bits per heavy atom. The van der Waals surface area contributed by atoms with Crippen molar-refractivity contribution in [2.45, 2.75) is 32.7 Å². The van der Waals surface area contributed by atoms with Gasteiger partial charge in [-0.15, -0.1) is 0 Å². The number of ether oxygens (including phenoxy) is 1. The lowest BCUT2D eigenvalue weighted by Crippen LogP contribution is -2.16. The number of methoxy groups -OCH3 is 1. The molecule has 132 valence electrons. The minimum absolute atomic E-state index is 0.0188. The van der Waals surface area contributed by atoms with Crippen molar-refractivity contribution in [3.05, 3.63) is 23.7 Å². The molecule has 2 aromatic heterocycles. The number of nitrogens with zero attached hydrogens (tertiary/aromatic N) is 4. The van der Waals surface area contributed by atoms with E-state index in [1.54, 1.807) is 18.0 Å². The number of halogens is 3. The third-order valence-corrected chi connectivity index (χ3v) is 3.51. The van der Waals surface area contributed by atoms with Crippen LogP contribution < -0.4 is 10.6 Å². The van der Waals surface area contributed by atoms with Gasteiger partial charge in [0.05, 0.1) is 30.2 Å². The first kappa shape index (κ1) is 18.0. The predicted molar refractivity (Wildman–Crippen MR) is 83.3 cm³/mol. The Kier molecular flexibility index (Phi) is 5.27. The molecule has 0 aromatic carbocycles. The van der Waals surface area contributed by atoms with E-state index in [0.717, 1.165) is 11.9 Å². The molecule has 0 aliphatic heterocycles. The summed E-state index contributed by atoms with van der Waals surface area (Å²) in [5, 5.41) is 9.54. The average molecular weight is 344 g/mol. The summed E-state index contributed by atoms with van der Waals surface area (Å²) in [7, 11) is 2.98. The van der Waals surface area contributed by atoms with Crippen LogP contribution in [0.5, 0.6) is 0 Å². The normalized spacial score (nSPS) is 13.0. The summed E-state index contributed by atoms with van der Waals surface area (Å²) in [6, 6.07) is 0. The van der Waals surface area contributed by atoms with Crippen LogP contribution in [-0.4, -0.2) is 40.0 Å². The van der Waals surface area contributed by atoms with E-state index in [0.29, 0.717) is 12.2 Å². The molecule has 2 heterocycles. The largest absolute Gasteiger partial charge is 0.421 e. The fourth-order valence-electron chi connectivity index (χ4n) is 2.03. The molecule has 0 aliphatic rings. The van der Waals surface area contributed by atoms with Gasteiger partial charge in [-0.2, -0.15) is 23.3 Å². The summed E-state index contributed by atoms with van der Waals surface area (Å²) in [6.45, 7) is 4.30. The minimum Gasteiger partial charge on any atom is -0.380 e. The van der Waals surface area contributed by atoms with Crippen LogP contribution in [0.25, 0.3) is 0 Å². The zero-order valence-electron chi connectivity index (χ0n) is 13.8. The van der Waals surface area contributed by atoms with Crippen LogP contribution in [0.4, 0.5) is 30.6 Å². The maximum absolute atomic E-state index is 12.9. The van der Waals surface area contributed by atoms with Crippen molar-refractivity contribution in [1.29, 1.82) is 0 Å². The molecule has 2 N–H and O–H groups in total. The van der Waals surface area contributed by atoms with Gasteiger partial charge in [-0.3, -0.25) is 4.68 Å². The Bertz CT molecular complexity index is 700. The number of rotatable bonds is 6. The molecule has 10 heteroatoms. The molecule has 0 fully saturated rings. The Hall–Kier alpha value is -2.36. The fourth-order valence-corrected chi connectivity index (χ4v) is 2.03. The molecule has 24 heavy (non-hydrogen) atoms. The van der Waals surface area contributed by atoms with Gasteiger partial charge in [-0.1, -0.05) is 0 Å². The Morgan fingerprint density at radius 2 is 2.04 bits per heavy atom.